The van der Waals surface area contributed by atoms with Crippen LogP contribution in [0.3, 0.4) is 0 Å². The van der Waals surface area contributed by atoms with Gasteiger partial charge in [-0.1, -0.05) is 53.9 Å². The molecule has 140 valence electrons. The predicted octanol–water partition coefficient (Wildman–Crippen LogP) is 3.41. The van der Waals surface area contributed by atoms with Gasteiger partial charge < -0.3 is 19.5 Å². The average Bonchev–Trinajstić information content (AvgIpc) is 2.52. The molecule has 1 amide bonds. The van der Waals surface area contributed by atoms with E-state index >= 15 is 0 Å². The van der Waals surface area contributed by atoms with Crippen LogP contribution in [-0.4, -0.2) is 52.1 Å². The number of hydrogen-bond acceptors (Lipinski definition) is 4. The van der Waals surface area contributed by atoms with Gasteiger partial charge in [0.2, 0.25) is 5.91 Å². The highest BCUT2D eigenvalue weighted by molar-refractivity contribution is 5.77. The number of ether oxygens (including phenoxy) is 3. The average molecular weight is 334 g/mol. The van der Waals surface area contributed by atoms with Crippen molar-refractivity contribution in [1.82, 2.24) is 5.32 Å². The fraction of sp³-hybridized carbons (Fsp3) is 0.944. The second-order valence-corrected chi connectivity index (χ2v) is 5.70. The van der Waals surface area contributed by atoms with Crippen LogP contribution in [0.5, 0.6) is 0 Å². The number of amides is 1. The topological polar surface area (TPSA) is 56.8 Å². The minimum absolute atomic E-state index is 0.0238. The smallest absolute Gasteiger partial charge is 0.222 e. The Morgan fingerprint density at radius 2 is 1.30 bits per heavy atom. The molecule has 0 bridgehead atoms. The zero-order valence-electron chi connectivity index (χ0n) is 16.0. The zero-order valence-corrected chi connectivity index (χ0v) is 16.0. The largest absolute Gasteiger partial charge is 0.379 e. The number of unbranched alkanes of at least 4 members (excludes halogenated alkanes) is 2. The first-order valence-corrected chi connectivity index (χ1v) is 9.10. The van der Waals surface area contributed by atoms with E-state index in [0.29, 0.717) is 39.6 Å². The van der Waals surface area contributed by atoms with Gasteiger partial charge in [-0.25, -0.2) is 0 Å². The molecule has 0 rings (SSSR count). The molecule has 5 nitrogen and oxygen atoms in total. The number of carbonyl (C=O) groups excluding carboxylic acids is 1. The summed E-state index contributed by atoms with van der Waals surface area (Å²) in [5.41, 5.74) is 0. The molecule has 0 aliphatic carbocycles. The second kappa shape index (κ2) is 21.4. The first kappa shape index (κ1) is 24.6. The first-order chi connectivity index (χ1) is 11.1. The van der Waals surface area contributed by atoms with Crippen molar-refractivity contribution in [3.63, 3.8) is 0 Å². The molecule has 0 spiro atoms. The van der Waals surface area contributed by atoms with E-state index in [9.17, 15) is 4.79 Å². The van der Waals surface area contributed by atoms with E-state index < -0.39 is 0 Å². The van der Waals surface area contributed by atoms with Crippen LogP contribution in [0.15, 0.2) is 0 Å². The molecule has 1 N–H and O–H groups in total. The number of hydrogen-bond donors (Lipinski definition) is 1. The van der Waals surface area contributed by atoms with E-state index in [0.717, 1.165) is 13.0 Å². The lowest BCUT2D eigenvalue weighted by Gasteiger charge is -2.09. The van der Waals surface area contributed by atoms with Crippen molar-refractivity contribution < 1.29 is 19.0 Å². The maximum absolute atomic E-state index is 11.2. The Balaban J connectivity index is 0. The van der Waals surface area contributed by atoms with Crippen LogP contribution in [0, 0.1) is 5.92 Å². The van der Waals surface area contributed by atoms with E-state index in [1.165, 1.54) is 19.3 Å². The van der Waals surface area contributed by atoms with Gasteiger partial charge in [0, 0.05) is 19.1 Å². The normalized spacial score (nSPS) is 10.3. The molecule has 0 aromatic carbocycles. The van der Waals surface area contributed by atoms with Gasteiger partial charge in [0.15, 0.2) is 0 Å². The van der Waals surface area contributed by atoms with E-state index in [1.54, 1.807) is 0 Å². The van der Waals surface area contributed by atoms with Gasteiger partial charge in [-0.3, -0.25) is 4.79 Å². The van der Waals surface area contributed by atoms with Crippen molar-refractivity contribution in [3.8, 4) is 0 Å². The molecule has 0 saturated carbocycles. The molecule has 0 aliphatic rings. The summed E-state index contributed by atoms with van der Waals surface area (Å²) < 4.78 is 16.1. The van der Waals surface area contributed by atoms with Crippen LogP contribution in [-0.2, 0) is 19.0 Å². The number of rotatable bonds is 14. The molecule has 0 atom stereocenters. The highest BCUT2D eigenvalue weighted by atomic mass is 16.5. The fourth-order valence-corrected chi connectivity index (χ4v) is 1.45. The van der Waals surface area contributed by atoms with Gasteiger partial charge in [0.1, 0.15) is 0 Å². The highest BCUT2D eigenvalue weighted by Crippen LogP contribution is 1.93. The summed E-state index contributed by atoms with van der Waals surface area (Å²) in [6.45, 7) is 14.4. The standard InChI is InChI=1S/C15H31NO4.C3H8/c1-4-5-6-8-18-10-12-20-13-11-19-9-7-16-15(17)14(2)3;1-3-2/h14H,4-13H2,1-3H3,(H,16,17);3H2,1-2H3. The van der Waals surface area contributed by atoms with Crippen LogP contribution in [0.2, 0.25) is 0 Å². The Morgan fingerprint density at radius 3 is 1.78 bits per heavy atom. The molecule has 0 unspecified atom stereocenters. The monoisotopic (exact) mass is 333 g/mol. The molecular weight excluding hydrogens is 294 g/mol. The molecule has 0 radical (unpaired) electrons. The molecule has 0 aliphatic heterocycles. The quantitative estimate of drug-likeness (QED) is 0.495. The van der Waals surface area contributed by atoms with Crippen LogP contribution in [0.25, 0.3) is 0 Å². The Bertz CT molecular complexity index is 235. The Morgan fingerprint density at radius 1 is 0.826 bits per heavy atom. The number of carbonyl (C=O) groups is 1. The van der Waals surface area contributed by atoms with E-state index in [-0.39, 0.29) is 11.8 Å². The van der Waals surface area contributed by atoms with Crippen molar-refractivity contribution in [2.75, 3.05) is 46.2 Å². The molecule has 0 saturated heterocycles. The summed E-state index contributed by atoms with van der Waals surface area (Å²) in [6, 6.07) is 0. The van der Waals surface area contributed by atoms with Gasteiger partial charge in [-0.05, 0) is 6.42 Å². The minimum atomic E-state index is 0.0238. The third-order valence-electron chi connectivity index (χ3n) is 2.71. The number of nitrogens with one attached hydrogen (secondary N) is 1. The van der Waals surface area contributed by atoms with E-state index in [4.69, 9.17) is 14.2 Å². The summed E-state index contributed by atoms with van der Waals surface area (Å²) in [7, 11) is 0. The third-order valence-corrected chi connectivity index (χ3v) is 2.71. The summed E-state index contributed by atoms with van der Waals surface area (Å²) in [5.74, 6) is 0.0840. The molecule has 5 heteroatoms. The zero-order chi connectivity index (χ0) is 17.8. The summed E-state index contributed by atoms with van der Waals surface area (Å²) in [4.78, 5) is 11.2. The SMILES string of the molecule is CCC.CCCCCOCCOCCOCCNC(=O)C(C)C. The van der Waals surface area contributed by atoms with Crippen molar-refractivity contribution in [1.29, 1.82) is 0 Å². The van der Waals surface area contributed by atoms with Crippen LogP contribution >= 0.6 is 0 Å². The summed E-state index contributed by atoms with van der Waals surface area (Å²) >= 11 is 0. The van der Waals surface area contributed by atoms with Crippen molar-refractivity contribution >= 4 is 5.91 Å². The summed E-state index contributed by atoms with van der Waals surface area (Å²) in [6.07, 6.45) is 4.82. The van der Waals surface area contributed by atoms with Gasteiger partial charge in [-0.15, -0.1) is 0 Å². The first-order valence-electron chi connectivity index (χ1n) is 9.10. The predicted molar refractivity (Wildman–Crippen MR) is 95.8 cm³/mol. The van der Waals surface area contributed by atoms with Crippen LogP contribution in [0.4, 0.5) is 0 Å². The molecular formula is C18H39NO4. The lowest BCUT2D eigenvalue weighted by atomic mass is 10.2. The molecule has 0 aromatic rings. The van der Waals surface area contributed by atoms with Gasteiger partial charge in [0.25, 0.3) is 0 Å². The lowest BCUT2D eigenvalue weighted by molar-refractivity contribution is -0.124. The van der Waals surface area contributed by atoms with E-state index in [2.05, 4.69) is 26.1 Å². The lowest BCUT2D eigenvalue weighted by Crippen LogP contribution is -2.31. The fourth-order valence-electron chi connectivity index (χ4n) is 1.45. The Hall–Kier alpha value is -0.650. The summed E-state index contributed by atoms with van der Waals surface area (Å²) in [5, 5.41) is 2.79. The Kier molecular flexibility index (Phi) is 22.8. The molecule has 0 heterocycles. The van der Waals surface area contributed by atoms with Crippen LogP contribution < -0.4 is 5.32 Å². The van der Waals surface area contributed by atoms with E-state index in [1.807, 2.05) is 13.8 Å². The second-order valence-electron chi connectivity index (χ2n) is 5.70. The van der Waals surface area contributed by atoms with Gasteiger partial charge >= 0.3 is 0 Å². The van der Waals surface area contributed by atoms with Crippen molar-refractivity contribution in [3.05, 3.63) is 0 Å². The maximum Gasteiger partial charge on any atom is 0.222 e. The van der Waals surface area contributed by atoms with Gasteiger partial charge in [0.05, 0.1) is 33.0 Å². The molecule has 23 heavy (non-hydrogen) atoms. The highest BCUT2D eigenvalue weighted by Gasteiger charge is 2.04. The molecule has 0 aromatic heterocycles. The molecule has 0 fully saturated rings. The van der Waals surface area contributed by atoms with Crippen molar-refractivity contribution in [2.45, 2.75) is 60.3 Å². The van der Waals surface area contributed by atoms with Gasteiger partial charge in [-0.2, -0.15) is 0 Å². The van der Waals surface area contributed by atoms with Crippen LogP contribution in [0.1, 0.15) is 60.3 Å². The minimum Gasteiger partial charge on any atom is -0.379 e. The maximum atomic E-state index is 11.2. The van der Waals surface area contributed by atoms with Crippen molar-refractivity contribution in [2.24, 2.45) is 5.92 Å². The Labute approximate surface area is 143 Å². The third kappa shape index (κ3) is 23.7.